The fourth-order valence-electron chi connectivity index (χ4n) is 2.80. The van der Waals surface area contributed by atoms with E-state index in [-0.39, 0.29) is 11.8 Å². The van der Waals surface area contributed by atoms with Gasteiger partial charge < -0.3 is 10.2 Å². The van der Waals surface area contributed by atoms with Gasteiger partial charge >= 0.3 is 0 Å². The van der Waals surface area contributed by atoms with Gasteiger partial charge in [-0.3, -0.25) is 9.79 Å². The molecule has 0 unspecified atom stereocenters. The Hall–Kier alpha value is -1.84. The molecule has 0 saturated heterocycles. The number of carbonyl (C=O) groups is 1. The Bertz CT molecular complexity index is 519. The van der Waals surface area contributed by atoms with E-state index in [0.29, 0.717) is 0 Å². The van der Waals surface area contributed by atoms with E-state index in [9.17, 15) is 4.79 Å². The van der Waals surface area contributed by atoms with Gasteiger partial charge in [0.1, 0.15) is 0 Å². The molecule has 0 aliphatic heterocycles. The minimum Gasteiger partial charge on any atom is -0.332 e. The SMILES string of the molecule is CN=C(C)N(C)c1ccccc1NC(=O)C1CCCCC1. The number of hydrogen-bond acceptors (Lipinski definition) is 2. The summed E-state index contributed by atoms with van der Waals surface area (Å²) in [5.74, 6) is 1.23. The molecule has 2 rings (SSSR count). The smallest absolute Gasteiger partial charge is 0.227 e. The van der Waals surface area contributed by atoms with E-state index >= 15 is 0 Å². The van der Waals surface area contributed by atoms with Gasteiger partial charge in [0, 0.05) is 20.0 Å². The zero-order valence-corrected chi connectivity index (χ0v) is 13.2. The third-order valence-corrected chi connectivity index (χ3v) is 4.31. The monoisotopic (exact) mass is 287 g/mol. The quantitative estimate of drug-likeness (QED) is 0.680. The summed E-state index contributed by atoms with van der Waals surface area (Å²) in [5.41, 5.74) is 1.84. The van der Waals surface area contributed by atoms with Crippen molar-refractivity contribution in [3.63, 3.8) is 0 Å². The maximum Gasteiger partial charge on any atom is 0.227 e. The fourth-order valence-corrected chi connectivity index (χ4v) is 2.80. The highest BCUT2D eigenvalue weighted by molar-refractivity contribution is 6.02. The first-order chi connectivity index (χ1) is 10.1. The summed E-state index contributed by atoms with van der Waals surface area (Å²) in [6.07, 6.45) is 5.62. The molecule has 1 fully saturated rings. The number of aliphatic imine (C=N–C) groups is 1. The summed E-state index contributed by atoms with van der Waals surface area (Å²) in [6, 6.07) is 7.89. The van der Waals surface area contributed by atoms with Gasteiger partial charge in [-0.1, -0.05) is 31.4 Å². The number of rotatable bonds is 3. The number of anilines is 2. The van der Waals surface area contributed by atoms with Gasteiger partial charge in [0.15, 0.2) is 0 Å². The number of nitrogens with zero attached hydrogens (tertiary/aromatic N) is 2. The summed E-state index contributed by atoms with van der Waals surface area (Å²) in [7, 11) is 3.74. The van der Waals surface area contributed by atoms with Crippen molar-refractivity contribution in [2.45, 2.75) is 39.0 Å². The van der Waals surface area contributed by atoms with Gasteiger partial charge in [0.05, 0.1) is 17.2 Å². The second-order valence-electron chi connectivity index (χ2n) is 5.67. The Morgan fingerprint density at radius 3 is 2.57 bits per heavy atom. The van der Waals surface area contributed by atoms with Gasteiger partial charge in [-0.05, 0) is 31.9 Å². The second kappa shape index (κ2) is 7.25. The average Bonchev–Trinajstić information content (AvgIpc) is 2.54. The summed E-state index contributed by atoms with van der Waals surface area (Å²) in [6.45, 7) is 1.96. The first-order valence-corrected chi connectivity index (χ1v) is 7.70. The zero-order chi connectivity index (χ0) is 15.2. The first kappa shape index (κ1) is 15.5. The van der Waals surface area contributed by atoms with Crippen LogP contribution in [0.5, 0.6) is 0 Å². The molecule has 21 heavy (non-hydrogen) atoms. The van der Waals surface area contributed by atoms with Crippen LogP contribution < -0.4 is 10.2 Å². The Labute approximate surface area is 127 Å². The van der Waals surface area contributed by atoms with Crippen LogP contribution in [0, 0.1) is 5.92 Å². The first-order valence-electron chi connectivity index (χ1n) is 7.70. The number of amidine groups is 1. The van der Waals surface area contributed by atoms with Crippen molar-refractivity contribution in [1.29, 1.82) is 0 Å². The molecule has 1 aliphatic rings. The van der Waals surface area contributed by atoms with E-state index in [2.05, 4.69) is 10.3 Å². The molecule has 1 saturated carbocycles. The van der Waals surface area contributed by atoms with Crippen LogP contribution in [0.25, 0.3) is 0 Å². The van der Waals surface area contributed by atoms with Crippen LogP contribution in [-0.2, 0) is 4.79 Å². The molecule has 1 N–H and O–H groups in total. The summed E-state index contributed by atoms with van der Waals surface area (Å²) < 4.78 is 0. The van der Waals surface area contributed by atoms with E-state index in [0.717, 1.165) is 30.1 Å². The molecule has 0 atom stereocenters. The largest absolute Gasteiger partial charge is 0.332 e. The number of carbonyl (C=O) groups excluding carboxylic acids is 1. The maximum atomic E-state index is 12.4. The Balaban J connectivity index is 2.14. The van der Waals surface area contributed by atoms with E-state index < -0.39 is 0 Å². The van der Waals surface area contributed by atoms with Gasteiger partial charge in [0.2, 0.25) is 5.91 Å². The lowest BCUT2D eigenvalue weighted by Crippen LogP contribution is -2.28. The molecule has 1 aliphatic carbocycles. The molecule has 0 heterocycles. The summed E-state index contributed by atoms with van der Waals surface area (Å²) in [5, 5.41) is 3.10. The van der Waals surface area contributed by atoms with Crippen molar-refractivity contribution in [3.05, 3.63) is 24.3 Å². The average molecular weight is 287 g/mol. The minimum atomic E-state index is 0.154. The van der Waals surface area contributed by atoms with Crippen molar-refractivity contribution >= 4 is 23.1 Å². The Morgan fingerprint density at radius 1 is 1.24 bits per heavy atom. The minimum absolute atomic E-state index is 0.154. The predicted molar refractivity (Wildman–Crippen MR) is 89.1 cm³/mol. The lowest BCUT2D eigenvalue weighted by molar-refractivity contribution is -0.120. The van der Waals surface area contributed by atoms with Crippen LogP contribution in [0.1, 0.15) is 39.0 Å². The van der Waals surface area contributed by atoms with Crippen molar-refractivity contribution in [1.82, 2.24) is 0 Å². The van der Waals surface area contributed by atoms with Crippen LogP contribution in [0.15, 0.2) is 29.3 Å². The normalized spacial score (nSPS) is 16.6. The predicted octanol–water partition coefficient (Wildman–Crippen LogP) is 3.69. The standard InChI is InChI=1S/C17H25N3O/c1-13(18-2)20(3)16-12-8-7-11-15(16)19-17(21)14-9-5-4-6-10-14/h7-8,11-12,14H,4-6,9-10H2,1-3H3,(H,19,21). The Morgan fingerprint density at radius 2 is 1.90 bits per heavy atom. The van der Waals surface area contributed by atoms with Gasteiger partial charge in [-0.25, -0.2) is 0 Å². The third-order valence-electron chi connectivity index (χ3n) is 4.31. The highest BCUT2D eigenvalue weighted by Gasteiger charge is 2.22. The number of amides is 1. The molecule has 0 radical (unpaired) electrons. The van der Waals surface area contributed by atoms with Crippen molar-refractivity contribution in [2.75, 3.05) is 24.3 Å². The summed E-state index contributed by atoms with van der Waals surface area (Å²) in [4.78, 5) is 18.6. The van der Waals surface area contributed by atoms with Crippen LogP contribution in [-0.4, -0.2) is 25.8 Å². The highest BCUT2D eigenvalue weighted by Crippen LogP contribution is 2.28. The lowest BCUT2D eigenvalue weighted by atomic mass is 9.88. The molecule has 4 heteroatoms. The van der Waals surface area contributed by atoms with Gasteiger partial charge in [-0.2, -0.15) is 0 Å². The lowest BCUT2D eigenvalue weighted by Gasteiger charge is -2.24. The topological polar surface area (TPSA) is 44.7 Å². The zero-order valence-electron chi connectivity index (χ0n) is 13.2. The second-order valence-corrected chi connectivity index (χ2v) is 5.67. The molecule has 0 spiro atoms. The van der Waals surface area contributed by atoms with Gasteiger partial charge in [0.25, 0.3) is 0 Å². The van der Waals surface area contributed by atoms with Gasteiger partial charge in [-0.15, -0.1) is 0 Å². The van der Waals surface area contributed by atoms with Crippen LogP contribution in [0.4, 0.5) is 11.4 Å². The van der Waals surface area contributed by atoms with Crippen molar-refractivity contribution in [2.24, 2.45) is 10.9 Å². The molecule has 1 aromatic rings. The van der Waals surface area contributed by atoms with Crippen LogP contribution in [0.2, 0.25) is 0 Å². The number of hydrogen-bond donors (Lipinski definition) is 1. The fraction of sp³-hybridized carbons (Fsp3) is 0.529. The van der Waals surface area contributed by atoms with E-state index in [1.165, 1.54) is 19.3 Å². The molecule has 0 aromatic heterocycles. The summed E-state index contributed by atoms with van der Waals surface area (Å²) >= 11 is 0. The Kier molecular flexibility index (Phi) is 5.37. The number of nitrogens with one attached hydrogen (secondary N) is 1. The third kappa shape index (κ3) is 3.84. The van der Waals surface area contributed by atoms with Crippen molar-refractivity contribution < 1.29 is 4.79 Å². The van der Waals surface area contributed by atoms with E-state index in [1.54, 1.807) is 7.05 Å². The molecule has 4 nitrogen and oxygen atoms in total. The number of para-hydroxylation sites is 2. The molecule has 1 amide bonds. The molecule has 1 aromatic carbocycles. The van der Waals surface area contributed by atoms with Crippen LogP contribution in [0.3, 0.4) is 0 Å². The number of benzene rings is 1. The van der Waals surface area contributed by atoms with E-state index in [1.807, 2.05) is 43.1 Å². The highest BCUT2D eigenvalue weighted by atomic mass is 16.1. The molecular formula is C17H25N3O. The molecular weight excluding hydrogens is 262 g/mol. The van der Waals surface area contributed by atoms with Crippen molar-refractivity contribution in [3.8, 4) is 0 Å². The maximum absolute atomic E-state index is 12.4. The molecule has 114 valence electrons. The van der Waals surface area contributed by atoms with E-state index in [4.69, 9.17) is 0 Å². The van der Waals surface area contributed by atoms with Crippen LogP contribution >= 0.6 is 0 Å². The molecule has 0 bridgehead atoms.